The zero-order valence-electron chi connectivity index (χ0n) is 18.1. The summed E-state index contributed by atoms with van der Waals surface area (Å²) in [4.78, 5) is 13.6. The molecule has 0 fully saturated rings. The second kappa shape index (κ2) is 10.3. The predicted octanol–water partition coefficient (Wildman–Crippen LogP) is 4.19. The summed E-state index contributed by atoms with van der Waals surface area (Å²) < 4.78 is 78.3. The summed E-state index contributed by atoms with van der Waals surface area (Å²) in [6, 6.07) is 8.49. The van der Waals surface area contributed by atoms with E-state index in [-0.39, 0.29) is 35.8 Å². The summed E-state index contributed by atoms with van der Waals surface area (Å²) in [5.41, 5.74) is -1.83. The van der Waals surface area contributed by atoms with E-state index >= 15 is 0 Å². The first kappa shape index (κ1) is 26.0. The van der Waals surface area contributed by atoms with Crippen LogP contribution in [0.2, 0.25) is 0 Å². The largest absolute Gasteiger partial charge is 0.416 e. The lowest BCUT2D eigenvalue weighted by Crippen LogP contribution is -2.32. The van der Waals surface area contributed by atoms with Gasteiger partial charge in [-0.05, 0) is 36.4 Å². The number of nitrogens with zero attached hydrogens (tertiary/aromatic N) is 4. The molecule has 188 valence electrons. The van der Waals surface area contributed by atoms with Gasteiger partial charge in [-0.1, -0.05) is 12.1 Å². The van der Waals surface area contributed by atoms with E-state index in [1.807, 2.05) is 0 Å². The number of nitrogens with one attached hydrogen (secondary N) is 2. The molecule has 0 amide bonds. The molecule has 1 unspecified atom stereocenters. The standard InChI is InChI=1S/C21H20F6N6O2/c1-33(10-16(35)11-34)19-31-17(28-14-6-2-4-12(8-14)20(22,23)24)30-18(32-19)29-15-7-3-5-13(9-15)21(25,26)27/h2-9,16,34-35H,10-11H2,1H3,(H2,28,29,30,31,32). The van der Waals surface area contributed by atoms with Crippen LogP contribution < -0.4 is 15.5 Å². The van der Waals surface area contributed by atoms with E-state index in [0.717, 1.165) is 24.3 Å². The molecule has 1 heterocycles. The van der Waals surface area contributed by atoms with Crippen LogP contribution >= 0.6 is 0 Å². The molecule has 0 saturated heterocycles. The Labute approximate surface area is 195 Å². The third-order valence-corrected chi connectivity index (χ3v) is 4.55. The molecule has 4 N–H and O–H groups in total. The number of aromatic nitrogens is 3. The van der Waals surface area contributed by atoms with Gasteiger partial charge in [0, 0.05) is 25.0 Å². The SMILES string of the molecule is CN(CC(O)CO)c1nc(Nc2cccc(C(F)(F)F)c2)nc(Nc2cccc(C(F)(F)F)c2)n1. The molecule has 1 atom stereocenters. The number of aliphatic hydroxyl groups excluding tert-OH is 2. The molecule has 0 aliphatic rings. The van der Waals surface area contributed by atoms with Crippen molar-refractivity contribution in [1.82, 2.24) is 15.0 Å². The molecule has 0 aliphatic heterocycles. The lowest BCUT2D eigenvalue weighted by molar-refractivity contribution is -0.138. The highest BCUT2D eigenvalue weighted by molar-refractivity contribution is 5.60. The normalized spacial score (nSPS) is 12.8. The summed E-state index contributed by atoms with van der Waals surface area (Å²) in [5.74, 6) is -0.500. The van der Waals surface area contributed by atoms with E-state index in [4.69, 9.17) is 5.11 Å². The van der Waals surface area contributed by atoms with Gasteiger partial charge in [0.1, 0.15) is 0 Å². The molecule has 0 bridgehead atoms. The number of likely N-dealkylation sites (N-methyl/N-ethyl adjacent to an activating group) is 1. The molecule has 35 heavy (non-hydrogen) atoms. The monoisotopic (exact) mass is 502 g/mol. The quantitative estimate of drug-likeness (QED) is 0.340. The van der Waals surface area contributed by atoms with Crippen molar-refractivity contribution in [2.75, 3.05) is 35.7 Å². The molecule has 0 radical (unpaired) electrons. The number of aliphatic hydroxyl groups is 2. The minimum Gasteiger partial charge on any atom is -0.394 e. The fourth-order valence-corrected chi connectivity index (χ4v) is 2.91. The van der Waals surface area contributed by atoms with Crippen molar-refractivity contribution >= 4 is 29.2 Å². The number of benzene rings is 2. The van der Waals surface area contributed by atoms with Gasteiger partial charge in [-0.2, -0.15) is 41.3 Å². The van der Waals surface area contributed by atoms with Crippen LogP contribution in [0, 0.1) is 0 Å². The van der Waals surface area contributed by atoms with Crippen LogP contribution in [0.3, 0.4) is 0 Å². The molecule has 0 saturated carbocycles. The Morgan fingerprint density at radius 1 is 0.829 bits per heavy atom. The van der Waals surface area contributed by atoms with Gasteiger partial charge in [-0.25, -0.2) is 0 Å². The number of hydrogen-bond acceptors (Lipinski definition) is 8. The fourth-order valence-electron chi connectivity index (χ4n) is 2.91. The van der Waals surface area contributed by atoms with Crippen LogP contribution in [0.25, 0.3) is 0 Å². The third kappa shape index (κ3) is 7.16. The average Bonchev–Trinajstić information content (AvgIpc) is 2.78. The highest BCUT2D eigenvalue weighted by Gasteiger charge is 2.31. The number of hydrogen-bond donors (Lipinski definition) is 4. The first-order valence-corrected chi connectivity index (χ1v) is 10.00. The van der Waals surface area contributed by atoms with Gasteiger partial charge in [0.25, 0.3) is 0 Å². The zero-order valence-corrected chi connectivity index (χ0v) is 18.1. The lowest BCUT2D eigenvalue weighted by Gasteiger charge is -2.21. The van der Waals surface area contributed by atoms with E-state index in [2.05, 4.69) is 25.6 Å². The van der Waals surface area contributed by atoms with Crippen LogP contribution in [-0.4, -0.2) is 51.5 Å². The Kier molecular flexibility index (Phi) is 7.65. The highest BCUT2D eigenvalue weighted by Crippen LogP contribution is 2.32. The van der Waals surface area contributed by atoms with Crippen molar-refractivity contribution in [3.8, 4) is 0 Å². The van der Waals surface area contributed by atoms with Crippen LogP contribution in [-0.2, 0) is 12.4 Å². The van der Waals surface area contributed by atoms with E-state index in [0.29, 0.717) is 0 Å². The lowest BCUT2D eigenvalue weighted by atomic mass is 10.2. The fraction of sp³-hybridized carbons (Fsp3) is 0.286. The second-order valence-electron chi connectivity index (χ2n) is 7.41. The Morgan fingerprint density at radius 3 is 1.69 bits per heavy atom. The van der Waals surface area contributed by atoms with Gasteiger partial charge in [-0.3, -0.25) is 0 Å². The van der Waals surface area contributed by atoms with E-state index < -0.39 is 36.2 Å². The Balaban J connectivity index is 1.96. The third-order valence-electron chi connectivity index (χ3n) is 4.55. The smallest absolute Gasteiger partial charge is 0.394 e. The highest BCUT2D eigenvalue weighted by atomic mass is 19.4. The van der Waals surface area contributed by atoms with Gasteiger partial charge < -0.3 is 25.7 Å². The maximum Gasteiger partial charge on any atom is 0.416 e. The minimum atomic E-state index is -4.58. The molecule has 14 heteroatoms. The maximum atomic E-state index is 13.0. The van der Waals surface area contributed by atoms with Crippen molar-refractivity contribution in [1.29, 1.82) is 0 Å². The van der Waals surface area contributed by atoms with Crippen molar-refractivity contribution in [3.05, 3.63) is 59.7 Å². The van der Waals surface area contributed by atoms with E-state index in [1.54, 1.807) is 0 Å². The minimum absolute atomic E-state index is 0.0000368. The van der Waals surface area contributed by atoms with Crippen molar-refractivity contribution in [2.24, 2.45) is 0 Å². The maximum absolute atomic E-state index is 13.0. The van der Waals surface area contributed by atoms with Crippen LogP contribution in [0.5, 0.6) is 0 Å². The van der Waals surface area contributed by atoms with Crippen molar-refractivity contribution in [2.45, 2.75) is 18.5 Å². The first-order chi connectivity index (χ1) is 16.3. The Bertz CT molecular complexity index is 1080. The Hall–Kier alpha value is -3.65. The predicted molar refractivity (Wildman–Crippen MR) is 116 cm³/mol. The average molecular weight is 502 g/mol. The summed E-state index contributed by atoms with van der Waals surface area (Å²) >= 11 is 0. The van der Waals surface area contributed by atoms with Gasteiger partial charge >= 0.3 is 12.4 Å². The number of halogens is 6. The van der Waals surface area contributed by atoms with Gasteiger partial charge in [0.05, 0.1) is 23.8 Å². The van der Waals surface area contributed by atoms with E-state index in [1.165, 1.54) is 36.2 Å². The molecule has 3 aromatic rings. The summed E-state index contributed by atoms with van der Waals surface area (Å²) in [6.45, 7) is -0.674. The van der Waals surface area contributed by atoms with Crippen LogP contribution in [0.1, 0.15) is 11.1 Å². The second-order valence-corrected chi connectivity index (χ2v) is 7.41. The summed E-state index contributed by atoms with van der Waals surface area (Å²) in [5, 5.41) is 24.0. The molecule has 0 aliphatic carbocycles. The van der Waals surface area contributed by atoms with E-state index in [9.17, 15) is 31.4 Å². The zero-order chi connectivity index (χ0) is 25.8. The molecule has 3 rings (SSSR count). The Morgan fingerprint density at radius 2 is 1.29 bits per heavy atom. The van der Waals surface area contributed by atoms with Crippen LogP contribution in [0.15, 0.2) is 48.5 Å². The van der Waals surface area contributed by atoms with Gasteiger partial charge in [0.2, 0.25) is 17.8 Å². The number of anilines is 5. The molecular formula is C21H20F6N6O2. The molecular weight excluding hydrogens is 482 g/mol. The van der Waals surface area contributed by atoms with Crippen LogP contribution in [0.4, 0.5) is 55.6 Å². The molecule has 0 spiro atoms. The molecule has 2 aromatic carbocycles. The molecule has 1 aromatic heterocycles. The van der Waals surface area contributed by atoms with Gasteiger partial charge in [-0.15, -0.1) is 0 Å². The van der Waals surface area contributed by atoms with Gasteiger partial charge in [0.15, 0.2) is 0 Å². The topological polar surface area (TPSA) is 106 Å². The summed E-state index contributed by atoms with van der Waals surface area (Å²) in [7, 11) is 1.47. The molecule has 8 nitrogen and oxygen atoms in total. The van der Waals surface area contributed by atoms with Crippen molar-refractivity contribution < 1.29 is 36.6 Å². The summed E-state index contributed by atoms with van der Waals surface area (Å²) in [6.07, 6.45) is -10.3. The first-order valence-electron chi connectivity index (χ1n) is 10.00. The number of alkyl halides is 6. The number of rotatable bonds is 8. The van der Waals surface area contributed by atoms with Crippen molar-refractivity contribution in [3.63, 3.8) is 0 Å².